The predicted octanol–water partition coefficient (Wildman–Crippen LogP) is 7.70. The summed E-state index contributed by atoms with van der Waals surface area (Å²) < 4.78 is 0. The van der Waals surface area contributed by atoms with Crippen LogP contribution in [-0.4, -0.2) is 5.11 Å². The second-order valence-electron chi connectivity index (χ2n) is 6.26. The molecule has 1 nitrogen and oxygen atoms in total. The van der Waals surface area contributed by atoms with E-state index in [1.165, 1.54) is 0 Å². The lowest BCUT2D eigenvalue weighted by Gasteiger charge is -2.17. The van der Waals surface area contributed by atoms with Crippen LogP contribution in [0.4, 0.5) is 0 Å². The minimum Gasteiger partial charge on any atom is -0.507 e. The summed E-state index contributed by atoms with van der Waals surface area (Å²) in [5, 5.41) is 11.9. The molecular weight excluding hydrogens is 375 g/mol. The minimum absolute atomic E-state index is 0.245. The molecule has 4 aromatic rings. The lowest BCUT2D eigenvalue weighted by Crippen LogP contribution is -1.91. The molecule has 0 amide bonds. The van der Waals surface area contributed by atoms with E-state index in [-0.39, 0.29) is 5.75 Å². The average molecular weight is 391 g/mol. The Bertz CT molecular complexity index is 1020. The van der Waals surface area contributed by atoms with Crippen molar-refractivity contribution in [3.05, 3.63) is 101 Å². The molecular formula is C24H16Cl2O. The maximum absolute atomic E-state index is 10.6. The standard InChI is InChI=1S/C24H16Cl2O/c25-18-12-8-16(9-13-18)20-5-3-6-21(17-10-14-19(26)15-11-17)24(20)22-4-1-2-7-23(22)27/h1-15,27H. The van der Waals surface area contributed by atoms with Gasteiger partial charge in [0.05, 0.1) is 0 Å². The van der Waals surface area contributed by atoms with Crippen molar-refractivity contribution < 1.29 is 5.11 Å². The van der Waals surface area contributed by atoms with Gasteiger partial charge in [-0.3, -0.25) is 0 Å². The Labute approximate surface area is 168 Å². The molecule has 0 radical (unpaired) electrons. The maximum atomic E-state index is 10.6. The molecule has 0 unspecified atom stereocenters. The van der Waals surface area contributed by atoms with E-state index in [9.17, 15) is 5.11 Å². The number of halogens is 2. The Hall–Kier alpha value is -2.74. The lowest BCUT2D eigenvalue weighted by molar-refractivity contribution is 0.477. The zero-order chi connectivity index (χ0) is 18.8. The van der Waals surface area contributed by atoms with Crippen LogP contribution >= 0.6 is 23.2 Å². The number of hydrogen-bond acceptors (Lipinski definition) is 1. The first-order chi connectivity index (χ1) is 13.1. The molecule has 3 heteroatoms. The number of benzene rings is 4. The molecule has 1 N–H and O–H groups in total. The molecule has 132 valence electrons. The molecule has 0 aliphatic rings. The predicted molar refractivity (Wildman–Crippen MR) is 114 cm³/mol. The van der Waals surface area contributed by atoms with Crippen LogP contribution in [0.15, 0.2) is 91.0 Å². The van der Waals surface area contributed by atoms with Gasteiger partial charge < -0.3 is 5.11 Å². The van der Waals surface area contributed by atoms with Crippen molar-refractivity contribution in [3.8, 4) is 39.1 Å². The molecule has 0 fully saturated rings. The molecule has 0 aliphatic carbocycles. The Morgan fingerprint density at radius 1 is 0.481 bits per heavy atom. The number of phenols is 1. The van der Waals surface area contributed by atoms with Crippen LogP contribution in [0.25, 0.3) is 33.4 Å². The van der Waals surface area contributed by atoms with Crippen LogP contribution in [0.5, 0.6) is 5.75 Å². The first kappa shape index (κ1) is 17.7. The summed E-state index contributed by atoms with van der Waals surface area (Å²) >= 11 is 12.1. The molecule has 4 rings (SSSR count). The topological polar surface area (TPSA) is 20.2 Å². The minimum atomic E-state index is 0.245. The highest BCUT2D eigenvalue weighted by Crippen LogP contribution is 2.43. The third-order valence-electron chi connectivity index (χ3n) is 4.55. The summed E-state index contributed by atoms with van der Waals surface area (Å²) in [5.74, 6) is 0.245. The van der Waals surface area contributed by atoms with Gasteiger partial charge in [0.25, 0.3) is 0 Å². The van der Waals surface area contributed by atoms with Gasteiger partial charge in [-0.15, -0.1) is 0 Å². The molecule has 4 aromatic carbocycles. The van der Waals surface area contributed by atoms with Gasteiger partial charge in [-0.25, -0.2) is 0 Å². The SMILES string of the molecule is Oc1ccccc1-c1c(-c2ccc(Cl)cc2)cccc1-c1ccc(Cl)cc1. The van der Waals surface area contributed by atoms with E-state index >= 15 is 0 Å². The molecule has 0 saturated carbocycles. The van der Waals surface area contributed by atoms with Crippen LogP contribution in [-0.2, 0) is 0 Å². The third-order valence-corrected chi connectivity index (χ3v) is 5.05. The summed E-state index contributed by atoms with van der Waals surface area (Å²) in [6.07, 6.45) is 0. The van der Waals surface area contributed by atoms with Gasteiger partial charge in [0.2, 0.25) is 0 Å². The van der Waals surface area contributed by atoms with E-state index in [0.717, 1.165) is 33.4 Å². The molecule has 0 heterocycles. The number of hydrogen-bond donors (Lipinski definition) is 1. The fraction of sp³-hybridized carbons (Fsp3) is 0. The van der Waals surface area contributed by atoms with Crippen LogP contribution < -0.4 is 0 Å². The van der Waals surface area contributed by atoms with E-state index in [1.807, 2.05) is 72.8 Å². The first-order valence-corrected chi connectivity index (χ1v) is 9.32. The molecule has 0 atom stereocenters. The van der Waals surface area contributed by atoms with Crippen molar-refractivity contribution in [1.29, 1.82) is 0 Å². The van der Waals surface area contributed by atoms with Gasteiger partial charge in [-0.2, -0.15) is 0 Å². The van der Waals surface area contributed by atoms with Gasteiger partial charge >= 0.3 is 0 Å². The third kappa shape index (κ3) is 3.57. The summed E-state index contributed by atoms with van der Waals surface area (Å²) in [4.78, 5) is 0. The number of aromatic hydroxyl groups is 1. The number of phenolic OH excluding ortho intramolecular Hbond substituents is 1. The molecule has 0 saturated heterocycles. The molecule has 0 aliphatic heterocycles. The smallest absolute Gasteiger partial charge is 0.123 e. The van der Waals surface area contributed by atoms with Crippen molar-refractivity contribution >= 4 is 23.2 Å². The largest absolute Gasteiger partial charge is 0.507 e. The van der Waals surface area contributed by atoms with E-state index in [2.05, 4.69) is 12.1 Å². The zero-order valence-electron chi connectivity index (χ0n) is 14.4. The van der Waals surface area contributed by atoms with Crippen molar-refractivity contribution in [2.45, 2.75) is 0 Å². The van der Waals surface area contributed by atoms with E-state index in [1.54, 1.807) is 6.07 Å². The van der Waals surface area contributed by atoms with E-state index in [0.29, 0.717) is 10.0 Å². The van der Waals surface area contributed by atoms with Crippen molar-refractivity contribution in [2.75, 3.05) is 0 Å². The number of para-hydroxylation sites is 1. The summed E-state index contributed by atoms with van der Waals surface area (Å²) in [5.41, 5.74) is 5.89. The Balaban J connectivity index is 2.02. The van der Waals surface area contributed by atoms with Crippen LogP contribution in [0.1, 0.15) is 0 Å². The van der Waals surface area contributed by atoms with Gasteiger partial charge in [-0.1, -0.05) is 83.9 Å². The normalized spacial score (nSPS) is 10.7. The zero-order valence-corrected chi connectivity index (χ0v) is 15.9. The summed E-state index contributed by atoms with van der Waals surface area (Å²) in [6.45, 7) is 0. The maximum Gasteiger partial charge on any atom is 0.123 e. The second kappa shape index (κ2) is 7.48. The molecule has 0 spiro atoms. The monoisotopic (exact) mass is 390 g/mol. The Morgan fingerprint density at radius 3 is 1.41 bits per heavy atom. The summed E-state index contributed by atoms with van der Waals surface area (Å²) in [6, 6.07) is 29.0. The van der Waals surface area contributed by atoms with Gasteiger partial charge in [0.1, 0.15) is 5.75 Å². The van der Waals surface area contributed by atoms with E-state index in [4.69, 9.17) is 23.2 Å². The van der Waals surface area contributed by atoms with Crippen LogP contribution in [0.2, 0.25) is 10.0 Å². The fourth-order valence-electron chi connectivity index (χ4n) is 3.27. The summed E-state index contributed by atoms with van der Waals surface area (Å²) in [7, 11) is 0. The quantitative estimate of drug-likeness (QED) is 0.379. The van der Waals surface area contributed by atoms with Crippen molar-refractivity contribution in [2.24, 2.45) is 0 Å². The Kier molecular flexibility index (Phi) is 4.89. The van der Waals surface area contributed by atoms with Crippen molar-refractivity contribution in [3.63, 3.8) is 0 Å². The average Bonchev–Trinajstić information content (AvgIpc) is 2.69. The second-order valence-corrected chi connectivity index (χ2v) is 7.13. The fourth-order valence-corrected chi connectivity index (χ4v) is 3.52. The van der Waals surface area contributed by atoms with Crippen molar-refractivity contribution in [1.82, 2.24) is 0 Å². The molecule has 0 bridgehead atoms. The van der Waals surface area contributed by atoms with Crippen LogP contribution in [0, 0.1) is 0 Å². The Morgan fingerprint density at radius 2 is 0.926 bits per heavy atom. The highest BCUT2D eigenvalue weighted by Gasteiger charge is 2.16. The van der Waals surface area contributed by atoms with E-state index < -0.39 is 0 Å². The number of rotatable bonds is 3. The highest BCUT2D eigenvalue weighted by atomic mass is 35.5. The first-order valence-electron chi connectivity index (χ1n) is 8.57. The van der Waals surface area contributed by atoms with Gasteiger partial charge in [0.15, 0.2) is 0 Å². The molecule has 0 aromatic heterocycles. The lowest BCUT2D eigenvalue weighted by atomic mass is 9.87. The van der Waals surface area contributed by atoms with Gasteiger partial charge in [-0.05, 0) is 52.6 Å². The van der Waals surface area contributed by atoms with Crippen LogP contribution in [0.3, 0.4) is 0 Å². The molecule has 27 heavy (non-hydrogen) atoms. The van der Waals surface area contributed by atoms with Gasteiger partial charge in [0, 0.05) is 21.2 Å². The highest BCUT2D eigenvalue weighted by molar-refractivity contribution is 6.31.